The number of carbonyl (C=O) groups excluding carboxylic acids is 2. The van der Waals surface area contributed by atoms with E-state index in [4.69, 9.17) is 25.8 Å². The van der Waals surface area contributed by atoms with E-state index in [-0.39, 0.29) is 91.0 Å². The molecule has 1 saturated heterocycles. The Labute approximate surface area is 327 Å². The maximum absolute atomic E-state index is 14.0. The lowest BCUT2D eigenvalue weighted by Crippen LogP contribution is -2.50. The highest BCUT2D eigenvalue weighted by atomic mass is 16.6. The summed E-state index contributed by atoms with van der Waals surface area (Å²) in [6, 6.07) is 17.0. The van der Waals surface area contributed by atoms with Crippen molar-refractivity contribution in [3.8, 4) is 11.1 Å². The lowest BCUT2D eigenvalue weighted by atomic mass is 10.1. The van der Waals surface area contributed by atoms with Gasteiger partial charge in [-0.05, 0) is 44.0 Å². The number of hydrogen-bond acceptors (Lipinski definition) is 14. The van der Waals surface area contributed by atoms with E-state index in [1.54, 1.807) is 47.6 Å². The summed E-state index contributed by atoms with van der Waals surface area (Å²) in [6.45, 7) is 4.88. The van der Waals surface area contributed by atoms with Crippen molar-refractivity contribution in [2.24, 2.45) is 5.73 Å². The van der Waals surface area contributed by atoms with Crippen molar-refractivity contribution < 1.29 is 59.3 Å². The number of esters is 1. The van der Waals surface area contributed by atoms with Gasteiger partial charge >= 0.3 is 23.9 Å². The third kappa shape index (κ3) is 18.4. The highest BCUT2D eigenvalue weighted by molar-refractivity contribution is 5.99. The Morgan fingerprint density at radius 2 is 0.964 bits per heavy atom. The van der Waals surface area contributed by atoms with Gasteiger partial charge in [-0.2, -0.15) is 0 Å². The number of aliphatic hydroxyl groups excluding tert-OH is 3. The molecule has 18 heteroatoms. The highest BCUT2D eigenvalue weighted by Crippen LogP contribution is 2.24. The second-order valence-corrected chi connectivity index (χ2v) is 14.6. The zero-order valence-electron chi connectivity index (χ0n) is 32.5. The Bertz CT molecular complexity index is 1500. The van der Waals surface area contributed by atoms with Crippen molar-refractivity contribution in [1.82, 2.24) is 19.6 Å². The zero-order chi connectivity index (χ0) is 41.9. The third-order valence-corrected chi connectivity index (χ3v) is 8.60. The molecular weight excluding hydrogens is 732 g/mol. The van der Waals surface area contributed by atoms with E-state index in [1.807, 2.05) is 47.4 Å². The van der Waals surface area contributed by atoms with E-state index >= 15 is 0 Å². The Morgan fingerprint density at radius 1 is 0.607 bits per heavy atom. The monoisotopic (exact) mass is 790 g/mol. The number of ether oxygens (including phenoxy) is 1. The van der Waals surface area contributed by atoms with Crippen LogP contribution in [0.15, 0.2) is 54.6 Å². The molecule has 8 N–H and O–H groups in total. The molecule has 1 heterocycles. The van der Waals surface area contributed by atoms with E-state index in [0.29, 0.717) is 5.69 Å². The van der Waals surface area contributed by atoms with Crippen molar-refractivity contribution >= 4 is 35.5 Å². The van der Waals surface area contributed by atoms with E-state index in [1.165, 1.54) is 4.90 Å². The number of carboxylic acids is 3. The number of anilines is 1. The molecule has 0 spiro atoms. The zero-order valence-corrected chi connectivity index (χ0v) is 32.5. The Morgan fingerprint density at radius 3 is 1.29 bits per heavy atom. The minimum absolute atomic E-state index is 0.129. The van der Waals surface area contributed by atoms with Gasteiger partial charge in [0.05, 0.1) is 51.5 Å². The number of carbonyl (C=O) groups is 5. The van der Waals surface area contributed by atoms with E-state index in [2.05, 4.69) is 0 Å². The number of rotatable bonds is 15. The summed E-state index contributed by atoms with van der Waals surface area (Å²) in [5.41, 5.74) is 5.61. The first-order valence-electron chi connectivity index (χ1n) is 18.2. The maximum Gasteiger partial charge on any atom is 0.326 e. The second kappa shape index (κ2) is 23.5. The summed E-state index contributed by atoms with van der Waals surface area (Å²) in [5.74, 6) is -4.08. The largest absolute Gasteiger partial charge is 0.480 e. The Balaban J connectivity index is 0.00000122. The molecule has 1 aliphatic rings. The average molecular weight is 791 g/mol. The van der Waals surface area contributed by atoms with Crippen LogP contribution in [-0.4, -0.2) is 196 Å². The molecule has 0 bridgehead atoms. The number of carboxylic acid groups (broad SMARTS) is 3. The summed E-state index contributed by atoms with van der Waals surface area (Å²) in [6.07, 6.45) is 0. The predicted molar refractivity (Wildman–Crippen MR) is 207 cm³/mol. The van der Waals surface area contributed by atoms with E-state index in [0.717, 1.165) is 11.1 Å². The molecule has 1 fully saturated rings. The van der Waals surface area contributed by atoms with E-state index in [9.17, 15) is 39.3 Å². The van der Waals surface area contributed by atoms with Gasteiger partial charge in [0, 0.05) is 58.0 Å². The molecule has 1 aliphatic heterocycles. The Kier molecular flexibility index (Phi) is 20.0. The van der Waals surface area contributed by atoms with Gasteiger partial charge in [0.15, 0.2) is 0 Å². The molecule has 3 rings (SSSR count). The third-order valence-electron chi connectivity index (χ3n) is 8.60. The molecule has 0 aromatic heterocycles. The fraction of sp³-hybridized carbons (Fsp3) is 0.553. The van der Waals surface area contributed by atoms with Crippen LogP contribution >= 0.6 is 0 Å². The van der Waals surface area contributed by atoms with Crippen LogP contribution in [0, 0.1) is 0 Å². The first-order chi connectivity index (χ1) is 26.4. The standard InChI is InChI=1S/C34H47N5O9.C4H11NO3/c1-34(2,3)48-33(47)25-39(28-11-9-27(10-12-28)26-7-5-4-6-8-26)29(40)21-35-13-15-36(22-30(41)42)17-19-38(24-32(45)46)20-18-37(16-14-35)23-31(43)44;5-4(1-6,2-7)3-8/h4-12H,13-25H2,1-3H3,(H,41,42)(H,43,44)(H,45,46);6-8H,1-3,5H2. The number of nitrogens with two attached hydrogens (primary N) is 1. The summed E-state index contributed by atoms with van der Waals surface area (Å²) >= 11 is 0. The quantitative estimate of drug-likeness (QED) is 0.109. The van der Waals surface area contributed by atoms with Crippen molar-refractivity contribution in [2.45, 2.75) is 31.9 Å². The number of amides is 1. The molecule has 1 amide bonds. The van der Waals surface area contributed by atoms with Crippen LogP contribution in [-0.2, 0) is 28.7 Å². The van der Waals surface area contributed by atoms with Gasteiger partial charge in [-0.3, -0.25) is 43.6 Å². The smallest absolute Gasteiger partial charge is 0.326 e. The summed E-state index contributed by atoms with van der Waals surface area (Å²) in [4.78, 5) is 69.9. The average Bonchev–Trinajstić information content (AvgIpc) is 3.14. The minimum atomic E-state index is -1.21. The van der Waals surface area contributed by atoms with Gasteiger partial charge in [0.2, 0.25) is 5.91 Å². The highest BCUT2D eigenvalue weighted by Gasteiger charge is 2.27. The van der Waals surface area contributed by atoms with Gasteiger partial charge in [-0.25, -0.2) is 0 Å². The first-order valence-corrected chi connectivity index (χ1v) is 18.2. The summed E-state index contributed by atoms with van der Waals surface area (Å²) in [7, 11) is 0. The van der Waals surface area contributed by atoms with Crippen molar-refractivity contribution in [3.63, 3.8) is 0 Å². The van der Waals surface area contributed by atoms with Gasteiger partial charge < -0.3 is 46.0 Å². The van der Waals surface area contributed by atoms with Crippen LogP contribution in [0.1, 0.15) is 20.8 Å². The predicted octanol–water partition coefficient (Wildman–Crippen LogP) is -0.835. The first kappa shape index (κ1) is 47.6. The normalized spacial score (nSPS) is 15.7. The number of aliphatic carboxylic acids is 3. The van der Waals surface area contributed by atoms with Crippen LogP contribution in [0.4, 0.5) is 5.69 Å². The number of hydrogen-bond donors (Lipinski definition) is 7. The lowest BCUT2D eigenvalue weighted by molar-refractivity contribution is -0.153. The summed E-state index contributed by atoms with van der Waals surface area (Å²) < 4.78 is 5.54. The van der Waals surface area contributed by atoms with Gasteiger partial charge in [0.1, 0.15) is 12.1 Å². The van der Waals surface area contributed by atoms with Crippen molar-refractivity contribution in [3.05, 3.63) is 54.6 Å². The number of benzene rings is 2. The summed E-state index contributed by atoms with van der Waals surface area (Å²) in [5, 5.41) is 53.4. The molecule has 56 heavy (non-hydrogen) atoms. The topological polar surface area (TPSA) is 258 Å². The lowest BCUT2D eigenvalue weighted by Gasteiger charge is -2.33. The minimum Gasteiger partial charge on any atom is -0.480 e. The maximum atomic E-state index is 14.0. The van der Waals surface area contributed by atoms with Crippen molar-refractivity contribution in [2.75, 3.05) is 110 Å². The van der Waals surface area contributed by atoms with Gasteiger partial charge in [0.25, 0.3) is 0 Å². The van der Waals surface area contributed by atoms with Crippen LogP contribution in [0.2, 0.25) is 0 Å². The molecule has 0 unspecified atom stereocenters. The van der Waals surface area contributed by atoms with Gasteiger partial charge in [-0.15, -0.1) is 0 Å². The molecule has 0 atom stereocenters. The fourth-order valence-corrected chi connectivity index (χ4v) is 5.50. The van der Waals surface area contributed by atoms with Crippen molar-refractivity contribution in [1.29, 1.82) is 0 Å². The van der Waals surface area contributed by atoms with Crippen LogP contribution in [0.3, 0.4) is 0 Å². The molecule has 2 aromatic rings. The SMILES string of the molecule is CC(C)(C)OC(=O)CN(C(=O)CN1CCN(CC(=O)O)CCN(CC(=O)O)CCN(CC(=O)O)CC1)c1ccc(-c2ccccc2)cc1.NC(CO)(CO)CO. The molecule has 0 saturated carbocycles. The van der Waals surface area contributed by atoms with Crippen LogP contribution < -0.4 is 10.6 Å². The molecule has 18 nitrogen and oxygen atoms in total. The molecular formula is C38H58N6O12. The fourth-order valence-electron chi connectivity index (χ4n) is 5.50. The number of aliphatic hydroxyl groups is 3. The molecule has 0 radical (unpaired) electrons. The molecule has 0 aliphatic carbocycles. The number of nitrogens with zero attached hydrogens (tertiary/aromatic N) is 5. The molecule has 2 aromatic carbocycles. The van der Waals surface area contributed by atoms with Crippen LogP contribution in [0.5, 0.6) is 0 Å². The Hall–Kier alpha value is -4.53. The van der Waals surface area contributed by atoms with E-state index < -0.39 is 54.8 Å². The van der Waals surface area contributed by atoms with Gasteiger partial charge in [-0.1, -0.05) is 42.5 Å². The van der Waals surface area contributed by atoms with Crippen LogP contribution in [0.25, 0.3) is 11.1 Å². The molecule has 312 valence electrons. The second-order valence-electron chi connectivity index (χ2n) is 14.6.